The number of nitrogens with one attached hydrogen (secondary N) is 1. The lowest BCUT2D eigenvalue weighted by atomic mass is 10.2. The van der Waals surface area contributed by atoms with Gasteiger partial charge in [0.25, 0.3) is 10.0 Å². The number of nitrogens with zero attached hydrogens (tertiary/aromatic N) is 2. The highest BCUT2D eigenvalue weighted by Crippen LogP contribution is 2.35. The van der Waals surface area contributed by atoms with E-state index in [0.717, 1.165) is 5.56 Å². The molecule has 0 fully saturated rings. The lowest BCUT2D eigenvalue weighted by molar-refractivity contribution is 0.0636. The average molecular weight is 405 g/mol. The summed E-state index contributed by atoms with van der Waals surface area (Å²) in [6, 6.07) is 8.20. The molecule has 0 radical (unpaired) electrons. The van der Waals surface area contributed by atoms with Crippen molar-refractivity contribution in [3.05, 3.63) is 42.1 Å². The van der Waals surface area contributed by atoms with E-state index in [9.17, 15) is 13.2 Å². The summed E-state index contributed by atoms with van der Waals surface area (Å²) in [7, 11) is -3.80. The van der Waals surface area contributed by atoms with Gasteiger partial charge in [-0.1, -0.05) is 12.1 Å². The van der Waals surface area contributed by atoms with E-state index in [1.54, 1.807) is 39.0 Å². The summed E-state index contributed by atoms with van der Waals surface area (Å²) in [5.74, 6) is 0.192. The first-order chi connectivity index (χ1) is 13.1. The van der Waals surface area contributed by atoms with Gasteiger partial charge in [0.1, 0.15) is 17.9 Å². The lowest BCUT2D eigenvalue weighted by Crippen LogP contribution is -2.38. The van der Waals surface area contributed by atoms with Gasteiger partial charge in [-0.25, -0.2) is 18.2 Å². The normalized spacial score (nSPS) is 14.1. The topological polar surface area (TPSA) is 97.8 Å². The fraction of sp³-hybridized carbons (Fsp3) is 0.368. The van der Waals surface area contributed by atoms with Crippen LogP contribution >= 0.6 is 0 Å². The van der Waals surface area contributed by atoms with Crippen LogP contribution in [0.15, 0.2) is 41.4 Å². The smallest absolute Gasteiger partial charge is 0.412 e. The zero-order valence-electron chi connectivity index (χ0n) is 16.2. The molecule has 0 spiro atoms. The number of hydrogen-bond acceptors (Lipinski definition) is 6. The molecule has 3 rings (SSSR count). The van der Waals surface area contributed by atoms with E-state index < -0.39 is 21.7 Å². The van der Waals surface area contributed by atoms with E-state index >= 15 is 0 Å². The van der Waals surface area contributed by atoms with Crippen LogP contribution in [0.25, 0.3) is 0 Å². The van der Waals surface area contributed by atoms with Gasteiger partial charge in [0.2, 0.25) is 5.88 Å². The van der Waals surface area contributed by atoms with Gasteiger partial charge < -0.3 is 9.47 Å². The van der Waals surface area contributed by atoms with Crippen LogP contribution in [-0.4, -0.2) is 38.2 Å². The van der Waals surface area contributed by atoms with Gasteiger partial charge >= 0.3 is 6.09 Å². The SMILES string of the molecule is Cc1cccc(S(=O)(=O)N2CCOc3ncc(NC(=O)OC(C)(C)C)cc32)c1. The van der Waals surface area contributed by atoms with Crippen molar-refractivity contribution in [1.82, 2.24) is 4.98 Å². The fourth-order valence-electron chi connectivity index (χ4n) is 2.72. The number of fused-ring (bicyclic) bond motifs is 1. The van der Waals surface area contributed by atoms with E-state index in [4.69, 9.17) is 9.47 Å². The maximum absolute atomic E-state index is 13.2. The molecular formula is C19H23N3O5S. The number of sulfonamides is 1. The summed E-state index contributed by atoms with van der Waals surface area (Å²) in [5, 5.41) is 2.57. The number of carbonyl (C=O) groups is 1. The zero-order chi connectivity index (χ0) is 20.5. The molecule has 150 valence electrons. The molecule has 2 aromatic rings. The number of aryl methyl sites for hydroxylation is 1. The van der Waals surface area contributed by atoms with E-state index in [1.807, 2.05) is 13.0 Å². The molecule has 28 heavy (non-hydrogen) atoms. The van der Waals surface area contributed by atoms with Crippen molar-refractivity contribution in [1.29, 1.82) is 0 Å². The summed E-state index contributed by atoms with van der Waals surface area (Å²) < 4.78 is 38.3. The van der Waals surface area contributed by atoms with Gasteiger partial charge in [0.05, 0.1) is 23.3 Å². The maximum atomic E-state index is 13.2. The molecule has 0 saturated carbocycles. The van der Waals surface area contributed by atoms with Crippen LogP contribution in [0.5, 0.6) is 5.88 Å². The molecule has 0 aliphatic carbocycles. The molecule has 1 aromatic carbocycles. The molecule has 1 aliphatic rings. The van der Waals surface area contributed by atoms with Crippen molar-refractivity contribution < 1.29 is 22.7 Å². The van der Waals surface area contributed by atoms with Gasteiger partial charge in [-0.2, -0.15) is 0 Å². The maximum Gasteiger partial charge on any atom is 0.412 e. The van der Waals surface area contributed by atoms with Crippen LogP contribution in [-0.2, 0) is 14.8 Å². The van der Waals surface area contributed by atoms with Gasteiger partial charge in [-0.3, -0.25) is 9.62 Å². The molecule has 1 aromatic heterocycles. The third-order valence-electron chi connectivity index (χ3n) is 3.86. The largest absolute Gasteiger partial charge is 0.474 e. The van der Waals surface area contributed by atoms with E-state index in [0.29, 0.717) is 5.69 Å². The molecule has 1 aliphatic heterocycles. The van der Waals surface area contributed by atoms with Gasteiger partial charge in [0, 0.05) is 0 Å². The lowest BCUT2D eigenvalue weighted by Gasteiger charge is -2.30. The standard InChI is InChI=1S/C19H23N3O5S/c1-13-6-5-7-15(10-13)28(24,25)22-8-9-26-17-16(22)11-14(12-20-17)21-18(23)27-19(2,3)4/h5-7,10-12H,8-9H2,1-4H3,(H,21,23). The predicted octanol–water partition coefficient (Wildman–Crippen LogP) is 3.32. The second-order valence-electron chi connectivity index (χ2n) is 7.42. The number of benzene rings is 1. The Balaban J connectivity index is 1.93. The van der Waals surface area contributed by atoms with Crippen molar-refractivity contribution in [3.8, 4) is 5.88 Å². The Kier molecular flexibility index (Phi) is 5.20. The average Bonchev–Trinajstić information content (AvgIpc) is 2.59. The Hall–Kier alpha value is -2.81. The van der Waals surface area contributed by atoms with Crippen molar-refractivity contribution in [2.24, 2.45) is 0 Å². The van der Waals surface area contributed by atoms with Crippen LogP contribution in [0.4, 0.5) is 16.2 Å². The van der Waals surface area contributed by atoms with Gasteiger partial charge in [-0.15, -0.1) is 0 Å². The van der Waals surface area contributed by atoms with Crippen molar-refractivity contribution in [2.45, 2.75) is 38.2 Å². The number of hydrogen-bond donors (Lipinski definition) is 1. The number of rotatable bonds is 3. The summed E-state index contributed by atoms with van der Waals surface area (Å²) in [4.78, 5) is 16.3. The molecule has 0 saturated heterocycles. The zero-order valence-corrected chi connectivity index (χ0v) is 17.0. The third kappa shape index (κ3) is 4.36. The van der Waals surface area contributed by atoms with Crippen molar-refractivity contribution in [2.75, 3.05) is 22.8 Å². The predicted molar refractivity (Wildman–Crippen MR) is 105 cm³/mol. The number of anilines is 2. The minimum atomic E-state index is -3.80. The van der Waals surface area contributed by atoms with E-state index in [1.165, 1.54) is 16.6 Å². The highest BCUT2D eigenvalue weighted by atomic mass is 32.2. The second-order valence-corrected chi connectivity index (χ2v) is 9.28. The highest BCUT2D eigenvalue weighted by molar-refractivity contribution is 7.92. The Morgan fingerprint density at radius 2 is 2.04 bits per heavy atom. The van der Waals surface area contributed by atoms with Gasteiger partial charge in [0.15, 0.2) is 0 Å². The minimum absolute atomic E-state index is 0.140. The molecule has 0 atom stereocenters. The Morgan fingerprint density at radius 3 is 2.71 bits per heavy atom. The second kappa shape index (κ2) is 7.31. The Morgan fingerprint density at radius 1 is 1.29 bits per heavy atom. The monoisotopic (exact) mass is 405 g/mol. The van der Waals surface area contributed by atoms with Crippen LogP contribution in [0.3, 0.4) is 0 Å². The first kappa shape index (κ1) is 19.9. The Bertz CT molecular complexity index is 999. The third-order valence-corrected chi connectivity index (χ3v) is 5.67. The summed E-state index contributed by atoms with van der Waals surface area (Å²) in [5.41, 5.74) is 0.757. The van der Waals surface area contributed by atoms with Crippen molar-refractivity contribution >= 4 is 27.5 Å². The number of carbonyl (C=O) groups excluding carboxylic acids is 1. The minimum Gasteiger partial charge on any atom is -0.474 e. The molecule has 0 bridgehead atoms. The Labute approximate surface area is 164 Å². The number of amides is 1. The fourth-order valence-corrected chi connectivity index (χ4v) is 4.26. The molecule has 8 nitrogen and oxygen atoms in total. The number of pyridine rings is 1. The van der Waals surface area contributed by atoms with Crippen LogP contribution in [0, 0.1) is 6.92 Å². The number of aromatic nitrogens is 1. The van der Waals surface area contributed by atoms with E-state index in [2.05, 4.69) is 10.3 Å². The number of ether oxygens (including phenoxy) is 2. The van der Waals surface area contributed by atoms with E-state index in [-0.39, 0.29) is 29.6 Å². The summed E-state index contributed by atoms with van der Waals surface area (Å²) >= 11 is 0. The quantitative estimate of drug-likeness (QED) is 0.841. The van der Waals surface area contributed by atoms with Crippen LogP contribution in [0.1, 0.15) is 26.3 Å². The van der Waals surface area contributed by atoms with Crippen LogP contribution < -0.4 is 14.4 Å². The summed E-state index contributed by atoms with van der Waals surface area (Å²) in [6.07, 6.45) is 0.741. The van der Waals surface area contributed by atoms with Crippen LogP contribution in [0.2, 0.25) is 0 Å². The first-order valence-corrected chi connectivity index (χ1v) is 10.2. The first-order valence-electron chi connectivity index (χ1n) is 8.78. The molecule has 1 amide bonds. The van der Waals surface area contributed by atoms with Gasteiger partial charge in [-0.05, 0) is 51.5 Å². The molecular weight excluding hydrogens is 382 g/mol. The molecule has 9 heteroatoms. The van der Waals surface area contributed by atoms with Crippen molar-refractivity contribution in [3.63, 3.8) is 0 Å². The molecule has 0 unspecified atom stereocenters. The highest BCUT2D eigenvalue weighted by Gasteiger charge is 2.31. The molecule has 2 heterocycles. The molecule has 1 N–H and O–H groups in total. The summed E-state index contributed by atoms with van der Waals surface area (Å²) in [6.45, 7) is 7.41.